The lowest BCUT2D eigenvalue weighted by atomic mass is 10.1. The number of halogens is 2. The Morgan fingerprint density at radius 2 is 1.71 bits per heavy atom. The average molecular weight is 250 g/mol. The Kier molecular flexibility index (Phi) is 3.64. The lowest BCUT2D eigenvalue weighted by molar-refractivity contribution is 0.600. The maximum atomic E-state index is 13.6. The average Bonchev–Trinajstić information content (AvgIpc) is 2.32. The predicted molar refractivity (Wildman–Crippen MR) is 69.9 cm³/mol. The third-order valence-electron chi connectivity index (χ3n) is 2.62. The van der Waals surface area contributed by atoms with Crippen LogP contribution in [-0.2, 0) is 0 Å². The van der Waals surface area contributed by atoms with Crippen LogP contribution in [0.3, 0.4) is 0 Å². The normalized spacial score (nSPS) is 12.2. The molecular formula is C14H13ClFN. The summed E-state index contributed by atoms with van der Waals surface area (Å²) in [6.45, 7) is 1.90. The molecule has 1 nitrogen and oxygen atoms in total. The second-order valence-corrected chi connectivity index (χ2v) is 4.27. The van der Waals surface area contributed by atoms with Crippen molar-refractivity contribution < 1.29 is 4.39 Å². The van der Waals surface area contributed by atoms with E-state index < -0.39 is 0 Å². The van der Waals surface area contributed by atoms with Gasteiger partial charge in [-0.2, -0.15) is 0 Å². The Hall–Kier alpha value is -1.54. The molecule has 0 amide bonds. The largest absolute Gasteiger partial charge is 0.377 e. The quantitative estimate of drug-likeness (QED) is 0.835. The van der Waals surface area contributed by atoms with Gasteiger partial charge in [0.2, 0.25) is 0 Å². The molecule has 0 saturated heterocycles. The number of hydrogen-bond acceptors (Lipinski definition) is 1. The van der Waals surface area contributed by atoms with Crippen LogP contribution in [0, 0.1) is 5.82 Å². The van der Waals surface area contributed by atoms with Crippen LogP contribution in [-0.4, -0.2) is 0 Å². The molecule has 17 heavy (non-hydrogen) atoms. The summed E-state index contributed by atoms with van der Waals surface area (Å²) in [5, 5.41) is 3.83. The summed E-state index contributed by atoms with van der Waals surface area (Å²) in [5.74, 6) is -0.209. The molecule has 1 atom stereocenters. The highest BCUT2D eigenvalue weighted by molar-refractivity contribution is 6.33. The second kappa shape index (κ2) is 5.19. The van der Waals surface area contributed by atoms with Gasteiger partial charge in [-0.05, 0) is 25.1 Å². The topological polar surface area (TPSA) is 12.0 Å². The van der Waals surface area contributed by atoms with Crippen molar-refractivity contribution in [1.29, 1.82) is 0 Å². The summed E-state index contributed by atoms with van der Waals surface area (Å²) in [7, 11) is 0. The molecule has 0 saturated carbocycles. The van der Waals surface area contributed by atoms with Gasteiger partial charge in [-0.3, -0.25) is 0 Å². The molecule has 88 valence electrons. The van der Waals surface area contributed by atoms with Gasteiger partial charge >= 0.3 is 0 Å². The van der Waals surface area contributed by atoms with E-state index in [0.717, 1.165) is 5.69 Å². The molecule has 0 aromatic heterocycles. The summed E-state index contributed by atoms with van der Waals surface area (Å²) in [4.78, 5) is 0. The van der Waals surface area contributed by atoms with Crippen molar-refractivity contribution >= 4 is 17.3 Å². The molecule has 2 aromatic carbocycles. The first-order valence-electron chi connectivity index (χ1n) is 5.44. The zero-order chi connectivity index (χ0) is 12.3. The van der Waals surface area contributed by atoms with Gasteiger partial charge in [-0.15, -0.1) is 0 Å². The summed E-state index contributed by atoms with van der Waals surface area (Å²) >= 11 is 6.04. The first-order chi connectivity index (χ1) is 8.18. The fourth-order valence-corrected chi connectivity index (χ4v) is 1.91. The molecule has 3 heteroatoms. The smallest absolute Gasteiger partial charge is 0.128 e. The van der Waals surface area contributed by atoms with Crippen molar-refractivity contribution in [2.45, 2.75) is 13.0 Å². The van der Waals surface area contributed by atoms with Gasteiger partial charge in [-0.25, -0.2) is 4.39 Å². The molecular weight excluding hydrogens is 237 g/mol. The summed E-state index contributed by atoms with van der Waals surface area (Å²) in [5.41, 5.74) is 1.44. The molecule has 0 bridgehead atoms. The fraction of sp³-hybridized carbons (Fsp3) is 0.143. The minimum atomic E-state index is -0.209. The van der Waals surface area contributed by atoms with Crippen LogP contribution in [0.15, 0.2) is 48.5 Å². The highest BCUT2D eigenvalue weighted by Gasteiger charge is 2.10. The van der Waals surface area contributed by atoms with Gasteiger partial charge < -0.3 is 5.32 Å². The Morgan fingerprint density at radius 3 is 2.41 bits per heavy atom. The van der Waals surface area contributed by atoms with Crippen LogP contribution < -0.4 is 5.32 Å². The highest BCUT2D eigenvalue weighted by Crippen LogP contribution is 2.26. The van der Waals surface area contributed by atoms with Crippen LogP contribution in [0.2, 0.25) is 5.02 Å². The van der Waals surface area contributed by atoms with Crippen molar-refractivity contribution in [2.24, 2.45) is 0 Å². The third-order valence-corrected chi connectivity index (χ3v) is 2.95. The molecule has 0 fully saturated rings. The van der Waals surface area contributed by atoms with E-state index in [-0.39, 0.29) is 11.9 Å². The standard InChI is InChI=1S/C14H13ClFN/c1-10(11-6-2-4-8-13(11)16)17-14-9-5-3-7-12(14)15/h2-10,17H,1H3. The van der Waals surface area contributed by atoms with Crippen LogP contribution >= 0.6 is 11.6 Å². The van der Waals surface area contributed by atoms with Crippen molar-refractivity contribution in [3.8, 4) is 0 Å². The minimum absolute atomic E-state index is 0.129. The lowest BCUT2D eigenvalue weighted by Crippen LogP contribution is -2.08. The second-order valence-electron chi connectivity index (χ2n) is 3.87. The van der Waals surface area contributed by atoms with Gasteiger partial charge in [0.25, 0.3) is 0 Å². The van der Waals surface area contributed by atoms with Crippen molar-refractivity contribution in [1.82, 2.24) is 0 Å². The SMILES string of the molecule is CC(Nc1ccccc1Cl)c1ccccc1F. The summed E-state index contributed by atoms with van der Waals surface area (Å²) in [6, 6.07) is 14.0. The molecule has 0 aliphatic heterocycles. The number of para-hydroxylation sites is 1. The first kappa shape index (κ1) is 11.9. The molecule has 0 aliphatic carbocycles. The molecule has 2 rings (SSSR count). The number of anilines is 1. The van der Waals surface area contributed by atoms with E-state index in [1.165, 1.54) is 6.07 Å². The van der Waals surface area contributed by atoms with Gasteiger partial charge in [0.1, 0.15) is 5.82 Å². The van der Waals surface area contributed by atoms with E-state index in [4.69, 9.17) is 11.6 Å². The minimum Gasteiger partial charge on any atom is -0.377 e. The Morgan fingerprint density at radius 1 is 1.06 bits per heavy atom. The van der Waals surface area contributed by atoms with Crippen molar-refractivity contribution in [3.63, 3.8) is 0 Å². The third kappa shape index (κ3) is 2.77. The monoisotopic (exact) mass is 249 g/mol. The molecule has 1 N–H and O–H groups in total. The number of hydrogen-bond donors (Lipinski definition) is 1. The first-order valence-corrected chi connectivity index (χ1v) is 5.82. The number of rotatable bonds is 3. The molecule has 0 spiro atoms. The van der Waals surface area contributed by atoms with E-state index in [9.17, 15) is 4.39 Å². The van der Waals surface area contributed by atoms with Gasteiger partial charge in [-0.1, -0.05) is 41.9 Å². The van der Waals surface area contributed by atoms with Gasteiger partial charge in [0, 0.05) is 5.56 Å². The maximum Gasteiger partial charge on any atom is 0.128 e. The molecule has 0 aliphatic rings. The maximum absolute atomic E-state index is 13.6. The molecule has 0 heterocycles. The molecule has 0 radical (unpaired) electrons. The Labute approximate surface area is 105 Å². The fourth-order valence-electron chi connectivity index (χ4n) is 1.72. The Bertz CT molecular complexity index is 513. The van der Waals surface area contributed by atoms with E-state index in [2.05, 4.69) is 5.32 Å². The highest BCUT2D eigenvalue weighted by atomic mass is 35.5. The molecule has 2 aromatic rings. The van der Waals surface area contributed by atoms with E-state index in [1.54, 1.807) is 18.2 Å². The van der Waals surface area contributed by atoms with Gasteiger partial charge in [0.15, 0.2) is 0 Å². The zero-order valence-corrected chi connectivity index (χ0v) is 10.2. The van der Waals surface area contributed by atoms with E-state index in [1.807, 2.05) is 31.2 Å². The van der Waals surface area contributed by atoms with E-state index >= 15 is 0 Å². The van der Waals surface area contributed by atoms with Crippen LogP contribution in [0.5, 0.6) is 0 Å². The Balaban J connectivity index is 2.20. The summed E-state index contributed by atoms with van der Waals surface area (Å²) < 4.78 is 13.6. The number of benzene rings is 2. The van der Waals surface area contributed by atoms with E-state index in [0.29, 0.717) is 10.6 Å². The van der Waals surface area contributed by atoms with Crippen LogP contribution in [0.25, 0.3) is 0 Å². The van der Waals surface area contributed by atoms with Crippen LogP contribution in [0.4, 0.5) is 10.1 Å². The number of nitrogens with one attached hydrogen (secondary N) is 1. The van der Waals surface area contributed by atoms with Crippen molar-refractivity contribution in [3.05, 3.63) is 64.9 Å². The zero-order valence-electron chi connectivity index (χ0n) is 9.45. The lowest BCUT2D eigenvalue weighted by Gasteiger charge is -2.17. The summed E-state index contributed by atoms with van der Waals surface area (Å²) in [6.07, 6.45) is 0. The molecule has 1 unspecified atom stereocenters. The van der Waals surface area contributed by atoms with Crippen LogP contribution in [0.1, 0.15) is 18.5 Å². The van der Waals surface area contributed by atoms with Gasteiger partial charge in [0.05, 0.1) is 16.8 Å². The predicted octanol–water partition coefficient (Wildman–Crippen LogP) is 4.65. The van der Waals surface area contributed by atoms with Crippen molar-refractivity contribution in [2.75, 3.05) is 5.32 Å².